The molecule has 0 aliphatic carbocycles. The summed E-state index contributed by atoms with van der Waals surface area (Å²) in [6.45, 7) is 0.720. The molecule has 6 heteroatoms. The third kappa shape index (κ3) is 3.56. The fraction of sp³-hybridized carbons (Fsp3) is 0.786. The van der Waals surface area contributed by atoms with Crippen LogP contribution in [0.5, 0.6) is 0 Å². The second-order valence-electron chi connectivity index (χ2n) is 6.07. The maximum absolute atomic E-state index is 11.9. The number of aryl methyl sites for hydroxylation is 1. The molecule has 0 saturated carbocycles. The molecule has 2 atom stereocenters. The summed E-state index contributed by atoms with van der Waals surface area (Å²) in [5.41, 5.74) is 0. The van der Waals surface area contributed by atoms with E-state index in [1.54, 1.807) is 0 Å². The first-order chi connectivity index (χ1) is 9.79. The molecule has 1 aromatic heterocycles. The average Bonchev–Trinajstić information content (AvgIpc) is 3.05. The van der Waals surface area contributed by atoms with Gasteiger partial charge in [0.05, 0.1) is 0 Å². The van der Waals surface area contributed by atoms with Crippen molar-refractivity contribution in [3.8, 4) is 0 Å². The Morgan fingerprint density at radius 2 is 2.15 bits per heavy atom. The van der Waals surface area contributed by atoms with E-state index in [0.29, 0.717) is 24.4 Å². The van der Waals surface area contributed by atoms with E-state index in [4.69, 9.17) is 0 Å². The number of H-pyrrole nitrogens is 1. The second-order valence-corrected chi connectivity index (χ2v) is 6.07. The summed E-state index contributed by atoms with van der Waals surface area (Å²) in [5.74, 6) is 1.66. The molecule has 0 radical (unpaired) electrons. The third-order valence-electron chi connectivity index (χ3n) is 4.42. The van der Waals surface area contributed by atoms with Gasteiger partial charge in [-0.15, -0.1) is 0 Å². The van der Waals surface area contributed by atoms with E-state index in [1.807, 2.05) is 0 Å². The van der Waals surface area contributed by atoms with E-state index in [1.165, 1.54) is 32.0 Å². The average molecular weight is 277 g/mol. The molecule has 0 aromatic carbocycles. The molecule has 1 aromatic rings. The van der Waals surface area contributed by atoms with Crippen LogP contribution in [-0.2, 0) is 11.2 Å². The molecule has 2 saturated heterocycles. The number of carbonyl (C=O) groups excluding carboxylic acids is 1. The molecule has 3 N–H and O–H groups in total. The Kier molecular flexibility index (Phi) is 4.30. The van der Waals surface area contributed by atoms with Gasteiger partial charge in [0, 0.05) is 31.5 Å². The van der Waals surface area contributed by atoms with Gasteiger partial charge >= 0.3 is 0 Å². The van der Waals surface area contributed by atoms with Crippen LogP contribution in [0.3, 0.4) is 0 Å². The number of nitrogens with zero attached hydrogens (tertiary/aromatic N) is 2. The zero-order valence-corrected chi connectivity index (χ0v) is 11.8. The van der Waals surface area contributed by atoms with E-state index in [9.17, 15) is 4.79 Å². The fourth-order valence-corrected chi connectivity index (χ4v) is 3.51. The maximum atomic E-state index is 11.9. The fourth-order valence-electron chi connectivity index (χ4n) is 3.51. The Morgan fingerprint density at radius 3 is 2.85 bits per heavy atom. The van der Waals surface area contributed by atoms with E-state index < -0.39 is 0 Å². The van der Waals surface area contributed by atoms with Crippen LogP contribution in [0.4, 0.5) is 0 Å². The highest BCUT2D eigenvalue weighted by Gasteiger charge is 2.33. The first-order valence-electron chi connectivity index (χ1n) is 7.66. The monoisotopic (exact) mass is 277 g/mol. The summed E-state index contributed by atoms with van der Waals surface area (Å²) < 4.78 is 0. The summed E-state index contributed by atoms with van der Waals surface area (Å²) in [6, 6.07) is 1.33. The van der Waals surface area contributed by atoms with Crippen LogP contribution in [0.15, 0.2) is 6.33 Å². The lowest BCUT2D eigenvalue weighted by Gasteiger charge is -2.28. The topological polar surface area (TPSA) is 82.7 Å². The quantitative estimate of drug-likeness (QED) is 0.671. The van der Waals surface area contributed by atoms with Crippen LogP contribution in [0.25, 0.3) is 0 Å². The molecule has 1 amide bonds. The number of rotatable bonds is 6. The van der Waals surface area contributed by atoms with Gasteiger partial charge < -0.3 is 10.6 Å². The SMILES string of the molecule is O=C(CC1CC2CCC(C1)N2)NCCCc1ncn[nH]1. The van der Waals surface area contributed by atoms with Gasteiger partial charge in [0.2, 0.25) is 5.91 Å². The van der Waals surface area contributed by atoms with Crippen molar-refractivity contribution in [2.75, 3.05) is 6.54 Å². The molecular formula is C14H23N5O. The molecule has 2 unspecified atom stereocenters. The molecule has 2 fully saturated rings. The van der Waals surface area contributed by atoms with Crippen LogP contribution in [0.2, 0.25) is 0 Å². The molecule has 3 heterocycles. The number of fused-ring (bicyclic) bond motifs is 2. The normalized spacial score (nSPS) is 28.5. The Morgan fingerprint density at radius 1 is 1.35 bits per heavy atom. The summed E-state index contributed by atoms with van der Waals surface area (Å²) in [7, 11) is 0. The zero-order chi connectivity index (χ0) is 13.8. The van der Waals surface area contributed by atoms with Gasteiger partial charge in [0.25, 0.3) is 0 Å². The highest BCUT2D eigenvalue weighted by atomic mass is 16.1. The van der Waals surface area contributed by atoms with Gasteiger partial charge in [0.1, 0.15) is 12.2 Å². The zero-order valence-electron chi connectivity index (χ0n) is 11.8. The van der Waals surface area contributed by atoms with Crippen LogP contribution >= 0.6 is 0 Å². The molecule has 2 aliphatic heterocycles. The predicted molar refractivity (Wildman–Crippen MR) is 75.0 cm³/mol. The number of hydrogen-bond acceptors (Lipinski definition) is 4. The van der Waals surface area contributed by atoms with Gasteiger partial charge in [-0.1, -0.05) is 0 Å². The second kappa shape index (κ2) is 6.35. The number of amides is 1. The van der Waals surface area contributed by atoms with Crippen LogP contribution in [-0.4, -0.2) is 39.7 Å². The van der Waals surface area contributed by atoms with Gasteiger partial charge in [-0.25, -0.2) is 4.98 Å². The Hall–Kier alpha value is -1.43. The summed E-state index contributed by atoms with van der Waals surface area (Å²) >= 11 is 0. The number of hydrogen-bond donors (Lipinski definition) is 3. The van der Waals surface area contributed by atoms with Crippen LogP contribution in [0.1, 0.15) is 44.3 Å². The predicted octanol–water partition coefficient (Wildman–Crippen LogP) is 0.774. The van der Waals surface area contributed by atoms with E-state index in [0.717, 1.165) is 25.2 Å². The lowest BCUT2D eigenvalue weighted by molar-refractivity contribution is -0.122. The Labute approximate surface area is 119 Å². The van der Waals surface area contributed by atoms with Gasteiger partial charge in [-0.05, 0) is 38.0 Å². The minimum absolute atomic E-state index is 0.203. The summed E-state index contributed by atoms with van der Waals surface area (Å²) in [5, 5.41) is 13.3. The molecule has 2 bridgehead atoms. The van der Waals surface area contributed by atoms with Crippen molar-refractivity contribution in [1.29, 1.82) is 0 Å². The summed E-state index contributed by atoms with van der Waals surface area (Å²) in [4.78, 5) is 16.0. The molecule has 20 heavy (non-hydrogen) atoms. The van der Waals surface area contributed by atoms with Crippen molar-refractivity contribution < 1.29 is 4.79 Å². The minimum atomic E-state index is 0.203. The lowest BCUT2D eigenvalue weighted by Crippen LogP contribution is -2.39. The first-order valence-corrected chi connectivity index (χ1v) is 7.66. The van der Waals surface area contributed by atoms with Gasteiger partial charge in [-0.2, -0.15) is 5.10 Å². The van der Waals surface area contributed by atoms with Crippen LogP contribution < -0.4 is 10.6 Å². The van der Waals surface area contributed by atoms with Crippen molar-refractivity contribution >= 4 is 5.91 Å². The summed E-state index contributed by atoms with van der Waals surface area (Å²) in [6.07, 6.45) is 8.86. The number of aromatic nitrogens is 3. The van der Waals surface area contributed by atoms with Crippen molar-refractivity contribution in [2.45, 2.75) is 57.0 Å². The van der Waals surface area contributed by atoms with E-state index in [2.05, 4.69) is 25.8 Å². The van der Waals surface area contributed by atoms with Gasteiger partial charge in [-0.3, -0.25) is 9.89 Å². The standard InChI is InChI=1S/C14H23N5O/c20-14(15-5-1-2-13-16-9-17-19-13)8-10-6-11-3-4-12(7-10)18-11/h9-12,18H,1-8H2,(H,15,20)(H,16,17,19). The molecule has 2 aliphatic rings. The smallest absolute Gasteiger partial charge is 0.220 e. The number of piperidine rings is 1. The lowest BCUT2D eigenvalue weighted by atomic mass is 9.89. The third-order valence-corrected chi connectivity index (χ3v) is 4.42. The van der Waals surface area contributed by atoms with Crippen molar-refractivity contribution in [2.24, 2.45) is 5.92 Å². The van der Waals surface area contributed by atoms with Crippen LogP contribution in [0, 0.1) is 5.92 Å². The molecule has 3 rings (SSSR count). The number of nitrogens with one attached hydrogen (secondary N) is 3. The van der Waals surface area contributed by atoms with Gasteiger partial charge in [0.15, 0.2) is 0 Å². The molecule has 6 nitrogen and oxygen atoms in total. The van der Waals surface area contributed by atoms with Crippen molar-refractivity contribution in [3.05, 3.63) is 12.2 Å². The Bertz CT molecular complexity index is 421. The maximum Gasteiger partial charge on any atom is 0.220 e. The van der Waals surface area contributed by atoms with E-state index in [-0.39, 0.29) is 5.91 Å². The van der Waals surface area contributed by atoms with Crippen molar-refractivity contribution in [1.82, 2.24) is 25.8 Å². The van der Waals surface area contributed by atoms with E-state index >= 15 is 0 Å². The highest BCUT2D eigenvalue weighted by molar-refractivity contribution is 5.76. The molecule has 0 spiro atoms. The molecule has 110 valence electrons. The number of carbonyl (C=O) groups is 1. The Balaban J connectivity index is 1.31. The molecular weight excluding hydrogens is 254 g/mol. The minimum Gasteiger partial charge on any atom is -0.356 e. The highest BCUT2D eigenvalue weighted by Crippen LogP contribution is 2.32. The number of aromatic amines is 1. The largest absolute Gasteiger partial charge is 0.356 e. The van der Waals surface area contributed by atoms with Crippen molar-refractivity contribution in [3.63, 3.8) is 0 Å². The first kappa shape index (κ1) is 13.5.